The monoisotopic (exact) mass is 504 g/mol. The number of aromatic hydroxyl groups is 3. The van der Waals surface area contributed by atoms with Crippen molar-refractivity contribution in [3.05, 3.63) is 46.6 Å². The Kier molecular flexibility index (Phi) is 6.45. The van der Waals surface area contributed by atoms with Gasteiger partial charge in [-0.3, -0.25) is 9.59 Å². The lowest BCUT2D eigenvalue weighted by Gasteiger charge is -2.40. The van der Waals surface area contributed by atoms with Gasteiger partial charge >= 0.3 is 11.9 Å². The van der Waals surface area contributed by atoms with Crippen molar-refractivity contribution in [1.29, 1.82) is 0 Å². The highest BCUT2D eigenvalue weighted by Gasteiger charge is 2.50. The first-order valence-electron chi connectivity index (χ1n) is 10.4. The molecular formula is C23H20O13. The van der Waals surface area contributed by atoms with Crippen LogP contribution >= 0.6 is 0 Å². The number of esters is 1. The summed E-state index contributed by atoms with van der Waals surface area (Å²) in [5.41, 5.74) is -0.590. The Morgan fingerprint density at radius 2 is 1.69 bits per heavy atom. The predicted octanol–water partition coefficient (Wildman–Crippen LogP) is 0.419. The van der Waals surface area contributed by atoms with Gasteiger partial charge in [0.25, 0.3) is 0 Å². The number of phenolic OH excluding ortho intramolecular Hbond substituents is 3. The highest BCUT2D eigenvalue weighted by molar-refractivity contribution is 5.86. The average molecular weight is 504 g/mol. The number of carbonyl (C=O) groups is 2. The molecule has 2 aromatic carbocycles. The fourth-order valence-corrected chi connectivity index (χ4v) is 3.75. The molecule has 1 aromatic heterocycles. The van der Waals surface area contributed by atoms with E-state index < -0.39 is 59.6 Å². The number of carboxylic acids is 1. The molecule has 2 heterocycles. The first kappa shape index (κ1) is 24.8. The van der Waals surface area contributed by atoms with Crippen LogP contribution in [0.15, 0.2) is 45.6 Å². The smallest absolute Gasteiger partial charge is 0.335 e. The van der Waals surface area contributed by atoms with E-state index in [9.17, 15) is 45.0 Å². The van der Waals surface area contributed by atoms with Gasteiger partial charge in [0.05, 0.1) is 0 Å². The van der Waals surface area contributed by atoms with Crippen molar-refractivity contribution in [2.75, 3.05) is 0 Å². The van der Waals surface area contributed by atoms with Crippen molar-refractivity contribution < 1.29 is 58.9 Å². The Morgan fingerprint density at radius 1 is 0.972 bits per heavy atom. The molecule has 3 aromatic rings. The van der Waals surface area contributed by atoms with Crippen LogP contribution in [0.2, 0.25) is 0 Å². The van der Waals surface area contributed by atoms with Crippen LogP contribution in [0.1, 0.15) is 6.92 Å². The maximum atomic E-state index is 12.5. The minimum Gasteiger partial charge on any atom is -0.508 e. The van der Waals surface area contributed by atoms with E-state index in [1.54, 1.807) is 0 Å². The second-order valence-electron chi connectivity index (χ2n) is 7.93. The summed E-state index contributed by atoms with van der Waals surface area (Å²) in [4.78, 5) is 35.4. The van der Waals surface area contributed by atoms with Crippen molar-refractivity contribution in [3.8, 4) is 34.3 Å². The van der Waals surface area contributed by atoms with Gasteiger partial charge in [0, 0.05) is 30.7 Å². The van der Waals surface area contributed by atoms with Gasteiger partial charge in [-0.05, 0) is 18.2 Å². The van der Waals surface area contributed by atoms with Gasteiger partial charge < -0.3 is 49.3 Å². The Balaban J connectivity index is 1.70. The zero-order valence-electron chi connectivity index (χ0n) is 18.4. The van der Waals surface area contributed by atoms with Crippen molar-refractivity contribution >= 4 is 22.9 Å². The molecule has 13 heteroatoms. The van der Waals surface area contributed by atoms with E-state index in [0.29, 0.717) is 0 Å². The number of phenols is 3. The van der Waals surface area contributed by atoms with Crippen LogP contribution in [0.25, 0.3) is 22.3 Å². The molecule has 0 amide bonds. The van der Waals surface area contributed by atoms with Crippen LogP contribution < -0.4 is 10.2 Å². The summed E-state index contributed by atoms with van der Waals surface area (Å²) in [5, 5.41) is 59.8. The average Bonchev–Trinajstić information content (AvgIpc) is 2.78. The SMILES string of the molecule is CC(=O)OC1C(O)C(Oc2cc(-c3cc(=O)c4c(O)cc(O)cc4o3)ccc2O)OC(C(=O)O)C1O. The van der Waals surface area contributed by atoms with Gasteiger partial charge in [-0.2, -0.15) is 0 Å². The molecule has 4 rings (SSSR count). The minimum absolute atomic E-state index is 0.0518. The Hall–Kier alpha value is -4.33. The topological polar surface area (TPSA) is 213 Å². The Morgan fingerprint density at radius 3 is 2.36 bits per heavy atom. The van der Waals surface area contributed by atoms with Gasteiger partial charge in [0.1, 0.15) is 34.3 Å². The van der Waals surface area contributed by atoms with E-state index in [1.165, 1.54) is 12.1 Å². The fraction of sp³-hybridized carbons (Fsp3) is 0.261. The predicted molar refractivity (Wildman–Crippen MR) is 117 cm³/mol. The van der Waals surface area contributed by atoms with Crippen LogP contribution in [-0.4, -0.2) is 73.3 Å². The zero-order valence-corrected chi connectivity index (χ0v) is 18.4. The number of aliphatic hydroxyl groups excluding tert-OH is 2. The second kappa shape index (κ2) is 9.37. The van der Waals surface area contributed by atoms with Crippen molar-refractivity contribution in [1.82, 2.24) is 0 Å². The van der Waals surface area contributed by atoms with E-state index in [0.717, 1.165) is 31.2 Å². The van der Waals surface area contributed by atoms with Crippen molar-refractivity contribution in [2.24, 2.45) is 0 Å². The molecule has 0 radical (unpaired) electrons. The number of ether oxygens (including phenoxy) is 3. The Bertz CT molecular complexity index is 1390. The fourth-order valence-electron chi connectivity index (χ4n) is 3.75. The molecule has 13 nitrogen and oxygen atoms in total. The standard InChI is InChI=1S/C23H20O13/c1-8(24)33-20-18(29)21(22(31)32)36-23(19(20)30)35-15-4-9(2-3-11(15)26)14-7-13(28)17-12(27)5-10(25)6-16(17)34-14/h2-7,18-21,23,25-27,29-30H,1H3,(H,31,32). The van der Waals surface area contributed by atoms with Crippen LogP contribution in [0.3, 0.4) is 0 Å². The quantitative estimate of drug-likeness (QED) is 0.260. The van der Waals surface area contributed by atoms with Crippen molar-refractivity contribution in [2.45, 2.75) is 37.6 Å². The number of aliphatic hydroxyl groups is 2. The summed E-state index contributed by atoms with van der Waals surface area (Å²) in [6.07, 6.45) is -9.23. The lowest BCUT2D eigenvalue weighted by atomic mass is 9.98. The maximum absolute atomic E-state index is 12.5. The van der Waals surface area contributed by atoms with Crippen LogP contribution in [0, 0.1) is 0 Å². The molecule has 0 aliphatic carbocycles. The normalized spacial score (nSPS) is 23.8. The molecule has 6 N–H and O–H groups in total. The highest BCUT2D eigenvalue weighted by Crippen LogP contribution is 2.36. The first-order valence-corrected chi connectivity index (χ1v) is 10.4. The molecule has 1 saturated heterocycles. The largest absolute Gasteiger partial charge is 0.508 e. The summed E-state index contributed by atoms with van der Waals surface area (Å²) < 4.78 is 21.1. The third kappa shape index (κ3) is 4.62. The molecule has 0 saturated carbocycles. The number of carboxylic acid groups (broad SMARTS) is 1. The number of carbonyl (C=O) groups excluding carboxylic acids is 1. The van der Waals surface area contributed by atoms with E-state index >= 15 is 0 Å². The summed E-state index contributed by atoms with van der Waals surface area (Å²) in [5.74, 6) is -4.24. The summed E-state index contributed by atoms with van der Waals surface area (Å²) >= 11 is 0. The molecule has 1 fully saturated rings. The van der Waals surface area contributed by atoms with Gasteiger partial charge in [0.2, 0.25) is 6.29 Å². The minimum atomic E-state index is -1.94. The van der Waals surface area contributed by atoms with Crippen molar-refractivity contribution in [3.63, 3.8) is 0 Å². The summed E-state index contributed by atoms with van der Waals surface area (Å²) in [7, 11) is 0. The van der Waals surface area contributed by atoms with Gasteiger partial charge in [-0.1, -0.05) is 0 Å². The third-order valence-electron chi connectivity index (χ3n) is 5.37. The lowest BCUT2D eigenvalue weighted by Crippen LogP contribution is -2.62. The van der Waals surface area contributed by atoms with E-state index in [1.807, 2.05) is 0 Å². The molecule has 5 unspecified atom stereocenters. The molecular weight excluding hydrogens is 484 g/mol. The van der Waals surface area contributed by atoms with Gasteiger partial charge in [-0.25, -0.2) is 4.79 Å². The summed E-state index contributed by atoms with van der Waals surface area (Å²) in [6.45, 7) is 0.993. The summed E-state index contributed by atoms with van der Waals surface area (Å²) in [6, 6.07) is 6.83. The van der Waals surface area contributed by atoms with E-state index in [4.69, 9.17) is 18.6 Å². The van der Waals surface area contributed by atoms with E-state index in [-0.39, 0.29) is 33.8 Å². The number of rotatable bonds is 5. The third-order valence-corrected chi connectivity index (χ3v) is 5.37. The van der Waals surface area contributed by atoms with Gasteiger partial charge in [0.15, 0.2) is 35.2 Å². The van der Waals surface area contributed by atoms with Crippen LogP contribution in [-0.2, 0) is 19.1 Å². The Labute approximate surface area is 200 Å². The van der Waals surface area contributed by atoms with Crippen LogP contribution in [0.5, 0.6) is 23.0 Å². The van der Waals surface area contributed by atoms with Gasteiger partial charge in [-0.15, -0.1) is 0 Å². The molecule has 36 heavy (non-hydrogen) atoms. The number of fused-ring (bicyclic) bond motifs is 1. The number of hydrogen-bond acceptors (Lipinski definition) is 12. The second-order valence-corrected chi connectivity index (χ2v) is 7.93. The number of benzene rings is 2. The molecule has 5 atom stereocenters. The molecule has 1 aliphatic heterocycles. The van der Waals surface area contributed by atoms with Crippen LogP contribution in [0.4, 0.5) is 0 Å². The molecule has 0 spiro atoms. The maximum Gasteiger partial charge on any atom is 0.335 e. The molecule has 190 valence electrons. The molecule has 0 bridgehead atoms. The molecule has 1 aliphatic rings. The van der Waals surface area contributed by atoms with E-state index in [2.05, 4.69) is 0 Å². The highest BCUT2D eigenvalue weighted by atomic mass is 16.7. The number of hydrogen-bond donors (Lipinski definition) is 6. The first-order chi connectivity index (χ1) is 17.0. The number of aliphatic carboxylic acids is 1. The zero-order chi connectivity index (χ0) is 26.3. The lowest BCUT2D eigenvalue weighted by molar-refractivity contribution is -0.275.